The van der Waals surface area contributed by atoms with Gasteiger partial charge in [0.05, 0.1) is 6.54 Å². The van der Waals surface area contributed by atoms with E-state index in [1.807, 2.05) is 20.8 Å². The van der Waals surface area contributed by atoms with Crippen molar-refractivity contribution in [1.29, 1.82) is 0 Å². The molecular weight excluding hydrogens is 304 g/mol. The second kappa shape index (κ2) is 9.70. The minimum Gasteiger partial charge on any atom is -0.459 e. The van der Waals surface area contributed by atoms with E-state index in [1.54, 1.807) is 0 Å². The number of esters is 1. The van der Waals surface area contributed by atoms with E-state index in [-0.39, 0.29) is 5.97 Å². The molecule has 24 heavy (non-hydrogen) atoms. The van der Waals surface area contributed by atoms with E-state index < -0.39 is 5.60 Å². The van der Waals surface area contributed by atoms with E-state index in [0.717, 1.165) is 71.9 Å². The maximum Gasteiger partial charge on any atom is 0.320 e. The standard InChI is InChI=1S/C18H36N4O2/c1-18(2,3)24-17(23)16-22-10-5-9-20-11-7-19-6-4-8-21(13-12-20)14-15-22/h19H,4-16H2,1-3H3. The molecule has 0 amide bonds. The Morgan fingerprint density at radius 2 is 1.54 bits per heavy atom. The Bertz CT molecular complexity index is 384. The van der Waals surface area contributed by atoms with Crippen LogP contribution in [0.2, 0.25) is 0 Å². The Labute approximate surface area is 147 Å². The monoisotopic (exact) mass is 340 g/mol. The highest BCUT2D eigenvalue weighted by atomic mass is 16.6. The number of ether oxygens (including phenoxy) is 1. The summed E-state index contributed by atoms with van der Waals surface area (Å²) < 4.78 is 5.50. The highest BCUT2D eigenvalue weighted by Crippen LogP contribution is 2.09. The van der Waals surface area contributed by atoms with Crippen LogP contribution < -0.4 is 5.32 Å². The maximum atomic E-state index is 12.2. The number of hydrogen-bond acceptors (Lipinski definition) is 6. The van der Waals surface area contributed by atoms with Crippen LogP contribution in [0.3, 0.4) is 0 Å². The highest BCUT2D eigenvalue weighted by molar-refractivity contribution is 5.72. The maximum absolute atomic E-state index is 12.2. The zero-order valence-electron chi connectivity index (χ0n) is 15.9. The molecule has 6 nitrogen and oxygen atoms in total. The lowest BCUT2D eigenvalue weighted by Crippen LogP contribution is -2.47. The van der Waals surface area contributed by atoms with Crippen molar-refractivity contribution in [1.82, 2.24) is 20.0 Å². The van der Waals surface area contributed by atoms with E-state index in [4.69, 9.17) is 4.74 Å². The van der Waals surface area contributed by atoms with E-state index in [0.29, 0.717) is 6.54 Å². The van der Waals surface area contributed by atoms with Crippen LogP contribution in [0.1, 0.15) is 33.6 Å². The summed E-state index contributed by atoms with van der Waals surface area (Å²) in [6.45, 7) is 17.0. The topological polar surface area (TPSA) is 48.1 Å². The molecule has 0 aliphatic carbocycles. The summed E-state index contributed by atoms with van der Waals surface area (Å²) in [5, 5.41) is 3.54. The lowest BCUT2D eigenvalue weighted by atomic mass is 10.2. The molecule has 140 valence electrons. The molecule has 0 aromatic carbocycles. The first-order valence-corrected chi connectivity index (χ1v) is 9.52. The smallest absolute Gasteiger partial charge is 0.320 e. The molecule has 1 N–H and O–H groups in total. The van der Waals surface area contributed by atoms with Crippen molar-refractivity contribution < 1.29 is 9.53 Å². The van der Waals surface area contributed by atoms with Crippen LogP contribution in [0.15, 0.2) is 0 Å². The lowest BCUT2D eigenvalue weighted by molar-refractivity contribution is -0.156. The van der Waals surface area contributed by atoms with Crippen LogP contribution in [-0.2, 0) is 9.53 Å². The first-order valence-electron chi connectivity index (χ1n) is 9.52. The number of hydrogen-bond donors (Lipinski definition) is 1. The van der Waals surface area contributed by atoms with E-state index >= 15 is 0 Å². The van der Waals surface area contributed by atoms with Gasteiger partial charge in [0.2, 0.25) is 0 Å². The summed E-state index contributed by atoms with van der Waals surface area (Å²) in [6.07, 6.45) is 2.31. The third-order valence-electron chi connectivity index (χ3n) is 4.62. The number of rotatable bonds is 2. The molecule has 0 aromatic heterocycles. The van der Waals surface area contributed by atoms with Crippen molar-refractivity contribution in [3.63, 3.8) is 0 Å². The van der Waals surface area contributed by atoms with Crippen molar-refractivity contribution in [2.45, 2.75) is 39.2 Å². The molecule has 2 bridgehead atoms. The number of fused-ring (bicyclic) bond motifs is 3. The van der Waals surface area contributed by atoms with Gasteiger partial charge in [0.25, 0.3) is 0 Å². The molecule has 0 spiro atoms. The first kappa shape index (κ1) is 19.6. The summed E-state index contributed by atoms with van der Waals surface area (Å²) in [4.78, 5) is 19.5. The van der Waals surface area contributed by atoms with Gasteiger partial charge in [-0.2, -0.15) is 0 Å². The number of nitrogens with one attached hydrogen (secondary N) is 1. The van der Waals surface area contributed by atoms with Crippen molar-refractivity contribution >= 4 is 5.97 Å². The van der Waals surface area contributed by atoms with Gasteiger partial charge < -0.3 is 19.9 Å². The van der Waals surface area contributed by atoms with Crippen molar-refractivity contribution in [2.75, 3.05) is 72.0 Å². The summed E-state index contributed by atoms with van der Waals surface area (Å²) in [5.74, 6) is -0.103. The molecule has 2 atom stereocenters. The third-order valence-corrected chi connectivity index (χ3v) is 4.62. The van der Waals surface area contributed by atoms with Crippen LogP contribution in [0.25, 0.3) is 0 Å². The predicted octanol–water partition coefficient (Wildman–Crippen LogP) is 0.631. The first-order chi connectivity index (χ1) is 11.4. The van der Waals surface area contributed by atoms with Crippen LogP contribution in [0, 0.1) is 0 Å². The van der Waals surface area contributed by atoms with Gasteiger partial charge in [-0.05, 0) is 53.2 Å². The van der Waals surface area contributed by atoms with Crippen LogP contribution in [0.4, 0.5) is 0 Å². The van der Waals surface area contributed by atoms with Gasteiger partial charge in [-0.15, -0.1) is 0 Å². The summed E-state index contributed by atoms with van der Waals surface area (Å²) in [5.41, 5.74) is -0.402. The molecule has 2 fully saturated rings. The largest absolute Gasteiger partial charge is 0.459 e. The zero-order valence-corrected chi connectivity index (χ0v) is 15.9. The Balaban J connectivity index is 1.90. The average molecular weight is 341 g/mol. The molecule has 2 aliphatic heterocycles. The minimum absolute atomic E-state index is 0.103. The van der Waals surface area contributed by atoms with Crippen molar-refractivity contribution in [2.24, 2.45) is 0 Å². The van der Waals surface area contributed by atoms with Gasteiger partial charge in [0, 0.05) is 45.8 Å². The SMILES string of the molecule is CC(C)(C)OC(=O)CN1CCCN2CCNCCCN(CC2)CC1. The van der Waals surface area contributed by atoms with Crippen LogP contribution in [0.5, 0.6) is 0 Å². The van der Waals surface area contributed by atoms with Gasteiger partial charge in [-0.1, -0.05) is 0 Å². The van der Waals surface area contributed by atoms with Gasteiger partial charge in [-0.3, -0.25) is 9.69 Å². The average Bonchev–Trinajstić information content (AvgIpc) is 2.49. The summed E-state index contributed by atoms with van der Waals surface area (Å²) in [7, 11) is 0. The van der Waals surface area contributed by atoms with Crippen molar-refractivity contribution in [3.8, 4) is 0 Å². The molecule has 0 radical (unpaired) electrons. The van der Waals surface area contributed by atoms with Gasteiger partial charge in [-0.25, -0.2) is 0 Å². The third kappa shape index (κ3) is 7.92. The molecule has 0 saturated carbocycles. The molecule has 2 heterocycles. The number of carbonyl (C=O) groups is 1. The Hall–Kier alpha value is -0.690. The minimum atomic E-state index is -0.402. The predicted molar refractivity (Wildman–Crippen MR) is 97.3 cm³/mol. The lowest BCUT2D eigenvalue weighted by Gasteiger charge is -2.34. The summed E-state index contributed by atoms with van der Waals surface area (Å²) >= 11 is 0. The second-order valence-corrected chi connectivity index (χ2v) is 8.00. The second-order valence-electron chi connectivity index (χ2n) is 8.00. The number of carbonyl (C=O) groups excluding carboxylic acids is 1. The van der Waals surface area contributed by atoms with Crippen LogP contribution in [-0.4, -0.2) is 98.3 Å². The van der Waals surface area contributed by atoms with Crippen LogP contribution >= 0.6 is 0 Å². The fourth-order valence-electron chi connectivity index (χ4n) is 3.37. The van der Waals surface area contributed by atoms with E-state index in [9.17, 15) is 4.79 Å². The molecule has 2 aliphatic rings. The molecule has 2 unspecified atom stereocenters. The van der Waals surface area contributed by atoms with E-state index in [1.165, 1.54) is 6.42 Å². The summed E-state index contributed by atoms with van der Waals surface area (Å²) in [6, 6.07) is 0. The van der Waals surface area contributed by atoms with Gasteiger partial charge >= 0.3 is 5.97 Å². The Kier molecular flexibility index (Phi) is 7.94. The quantitative estimate of drug-likeness (QED) is 0.744. The Morgan fingerprint density at radius 1 is 0.875 bits per heavy atom. The fourth-order valence-corrected chi connectivity index (χ4v) is 3.37. The Morgan fingerprint density at radius 3 is 2.29 bits per heavy atom. The molecular formula is C18H36N4O2. The molecule has 6 heteroatoms. The molecule has 2 saturated heterocycles. The van der Waals surface area contributed by atoms with Crippen molar-refractivity contribution in [3.05, 3.63) is 0 Å². The van der Waals surface area contributed by atoms with Gasteiger partial charge in [0.1, 0.15) is 5.60 Å². The molecule has 0 aromatic rings. The fraction of sp³-hybridized carbons (Fsp3) is 0.944. The molecule has 2 rings (SSSR count). The van der Waals surface area contributed by atoms with E-state index in [2.05, 4.69) is 20.0 Å². The normalized spacial score (nSPS) is 28.3. The number of nitrogens with zero attached hydrogens (tertiary/aromatic N) is 3. The van der Waals surface area contributed by atoms with Gasteiger partial charge in [0.15, 0.2) is 0 Å². The highest BCUT2D eigenvalue weighted by Gasteiger charge is 2.21. The zero-order chi connectivity index (χ0) is 17.4.